The third-order valence-electron chi connectivity index (χ3n) is 7.06. The number of hydrogen-bond donors (Lipinski definition) is 1. The summed E-state index contributed by atoms with van der Waals surface area (Å²) in [7, 11) is -3.59. The minimum Gasteiger partial charge on any atom is -0.353 e. The van der Waals surface area contributed by atoms with Crippen LogP contribution in [0.15, 0.2) is 29.2 Å². The predicted molar refractivity (Wildman–Crippen MR) is 123 cm³/mol. The standard InChI is InChI=1S/C24H35N3O4S/c28-23(25-21-11-3-1-4-12-21)20-10-8-14-26(18-20)24(29)19-9-7-13-22(17-19)32(30,31)27-15-5-2-6-16-27/h7,9,13,17,20-21H,1-6,8,10-12,14-16,18H2,(H,25,28). The van der Waals surface area contributed by atoms with E-state index in [0.717, 1.165) is 57.8 Å². The molecule has 3 aliphatic rings. The van der Waals surface area contributed by atoms with Crippen LogP contribution in [0.4, 0.5) is 0 Å². The normalized spacial score (nSPS) is 23.6. The molecule has 2 aliphatic heterocycles. The van der Waals surface area contributed by atoms with Crippen molar-refractivity contribution in [2.75, 3.05) is 26.2 Å². The van der Waals surface area contributed by atoms with Gasteiger partial charge in [0, 0.05) is 37.8 Å². The van der Waals surface area contributed by atoms with Crippen molar-refractivity contribution in [3.8, 4) is 0 Å². The summed E-state index contributed by atoms with van der Waals surface area (Å²) in [6.07, 6.45) is 10.0. The molecule has 1 saturated carbocycles. The lowest BCUT2D eigenvalue weighted by Gasteiger charge is -2.33. The van der Waals surface area contributed by atoms with Crippen molar-refractivity contribution >= 4 is 21.8 Å². The van der Waals surface area contributed by atoms with Gasteiger partial charge in [0.05, 0.1) is 10.8 Å². The molecule has 176 valence electrons. The van der Waals surface area contributed by atoms with Crippen LogP contribution >= 0.6 is 0 Å². The Morgan fingerprint density at radius 1 is 0.875 bits per heavy atom. The quantitative estimate of drug-likeness (QED) is 0.730. The third-order valence-corrected chi connectivity index (χ3v) is 8.96. The number of benzene rings is 1. The van der Waals surface area contributed by atoms with Crippen molar-refractivity contribution in [3.05, 3.63) is 29.8 Å². The fraction of sp³-hybridized carbons (Fsp3) is 0.667. The van der Waals surface area contributed by atoms with Gasteiger partial charge in [0.25, 0.3) is 5.91 Å². The highest BCUT2D eigenvalue weighted by Gasteiger charge is 2.31. The molecular weight excluding hydrogens is 426 g/mol. The van der Waals surface area contributed by atoms with Crippen molar-refractivity contribution in [2.24, 2.45) is 5.92 Å². The lowest BCUT2D eigenvalue weighted by Crippen LogP contribution is -2.48. The number of carbonyl (C=O) groups excluding carboxylic acids is 2. The third kappa shape index (κ3) is 5.34. The van der Waals surface area contributed by atoms with Crippen LogP contribution in [0, 0.1) is 5.92 Å². The Bertz CT molecular complexity index is 921. The number of nitrogens with one attached hydrogen (secondary N) is 1. The Kier molecular flexibility index (Phi) is 7.51. The van der Waals surface area contributed by atoms with Gasteiger partial charge >= 0.3 is 0 Å². The van der Waals surface area contributed by atoms with Crippen molar-refractivity contribution in [2.45, 2.75) is 75.1 Å². The number of piperidine rings is 2. The average Bonchev–Trinajstić information content (AvgIpc) is 2.85. The van der Waals surface area contributed by atoms with E-state index in [9.17, 15) is 18.0 Å². The molecule has 2 saturated heterocycles. The lowest BCUT2D eigenvalue weighted by molar-refractivity contribution is -0.127. The summed E-state index contributed by atoms with van der Waals surface area (Å²) in [5.41, 5.74) is 0.372. The van der Waals surface area contributed by atoms with Gasteiger partial charge in [0.2, 0.25) is 15.9 Å². The second-order valence-corrected chi connectivity index (χ2v) is 11.4. The summed E-state index contributed by atoms with van der Waals surface area (Å²) in [5.74, 6) is -0.346. The van der Waals surface area contributed by atoms with Gasteiger partial charge in [-0.2, -0.15) is 4.31 Å². The molecule has 1 aromatic rings. The van der Waals surface area contributed by atoms with Crippen LogP contribution in [0.3, 0.4) is 0 Å². The van der Waals surface area contributed by atoms with Crippen LogP contribution in [-0.4, -0.2) is 61.7 Å². The number of likely N-dealkylation sites (tertiary alicyclic amines) is 1. The highest BCUT2D eigenvalue weighted by Crippen LogP contribution is 2.24. The van der Waals surface area contributed by atoms with Crippen molar-refractivity contribution in [1.82, 2.24) is 14.5 Å². The van der Waals surface area contributed by atoms with Crippen molar-refractivity contribution in [1.29, 1.82) is 0 Å². The molecular formula is C24H35N3O4S. The van der Waals surface area contributed by atoms with Crippen LogP contribution in [0.1, 0.15) is 74.6 Å². The second kappa shape index (κ2) is 10.3. The molecule has 1 aliphatic carbocycles. The number of amides is 2. The van der Waals surface area contributed by atoms with Crippen molar-refractivity contribution < 1.29 is 18.0 Å². The molecule has 32 heavy (non-hydrogen) atoms. The maximum atomic E-state index is 13.2. The molecule has 8 heteroatoms. The first-order valence-corrected chi connectivity index (χ1v) is 13.6. The van der Waals surface area contributed by atoms with E-state index in [-0.39, 0.29) is 28.7 Å². The zero-order valence-electron chi connectivity index (χ0n) is 18.8. The molecule has 7 nitrogen and oxygen atoms in total. The summed E-state index contributed by atoms with van der Waals surface area (Å²) >= 11 is 0. The summed E-state index contributed by atoms with van der Waals surface area (Å²) < 4.78 is 27.6. The molecule has 0 radical (unpaired) electrons. The molecule has 0 spiro atoms. The molecule has 0 aromatic heterocycles. The van der Waals surface area contributed by atoms with E-state index < -0.39 is 10.0 Å². The molecule has 2 heterocycles. The molecule has 4 rings (SSSR count). The van der Waals surface area contributed by atoms with Crippen LogP contribution in [-0.2, 0) is 14.8 Å². The van der Waals surface area contributed by atoms with E-state index in [1.165, 1.54) is 16.8 Å². The topological polar surface area (TPSA) is 86.8 Å². The summed E-state index contributed by atoms with van der Waals surface area (Å²) in [6.45, 7) is 2.05. The minimum atomic E-state index is -3.59. The van der Waals surface area contributed by atoms with Gasteiger partial charge in [-0.3, -0.25) is 9.59 Å². The number of hydrogen-bond acceptors (Lipinski definition) is 4. The van der Waals surface area contributed by atoms with E-state index in [1.807, 2.05) is 0 Å². The van der Waals surface area contributed by atoms with Gasteiger partial charge in [-0.25, -0.2) is 8.42 Å². The maximum absolute atomic E-state index is 13.2. The largest absolute Gasteiger partial charge is 0.353 e. The molecule has 2 amide bonds. The van der Waals surface area contributed by atoms with E-state index in [4.69, 9.17) is 0 Å². The van der Waals surface area contributed by atoms with Gasteiger partial charge in [0.15, 0.2) is 0 Å². The van der Waals surface area contributed by atoms with E-state index in [1.54, 1.807) is 23.1 Å². The first-order valence-electron chi connectivity index (χ1n) is 12.1. The summed E-state index contributed by atoms with van der Waals surface area (Å²) in [6, 6.07) is 6.64. The molecule has 1 N–H and O–H groups in total. The highest BCUT2D eigenvalue weighted by molar-refractivity contribution is 7.89. The van der Waals surface area contributed by atoms with Crippen LogP contribution in [0.25, 0.3) is 0 Å². The molecule has 3 fully saturated rings. The summed E-state index contributed by atoms with van der Waals surface area (Å²) in [4.78, 5) is 27.9. The summed E-state index contributed by atoms with van der Waals surface area (Å²) in [5, 5.41) is 3.19. The molecule has 1 aromatic carbocycles. The lowest BCUT2D eigenvalue weighted by atomic mass is 9.93. The maximum Gasteiger partial charge on any atom is 0.253 e. The van der Waals surface area contributed by atoms with Crippen LogP contribution in [0.2, 0.25) is 0 Å². The molecule has 0 bridgehead atoms. The number of nitrogens with zero attached hydrogens (tertiary/aromatic N) is 2. The first kappa shape index (κ1) is 23.2. The van der Waals surface area contributed by atoms with E-state index in [2.05, 4.69) is 5.32 Å². The Morgan fingerprint density at radius 2 is 1.59 bits per heavy atom. The van der Waals surface area contributed by atoms with Crippen molar-refractivity contribution in [3.63, 3.8) is 0 Å². The van der Waals surface area contributed by atoms with E-state index in [0.29, 0.717) is 31.7 Å². The van der Waals surface area contributed by atoms with Gasteiger partial charge < -0.3 is 10.2 Å². The smallest absolute Gasteiger partial charge is 0.253 e. The zero-order valence-corrected chi connectivity index (χ0v) is 19.6. The van der Waals surface area contributed by atoms with Gasteiger partial charge in [-0.1, -0.05) is 31.7 Å². The van der Waals surface area contributed by atoms with Crippen LogP contribution in [0.5, 0.6) is 0 Å². The fourth-order valence-corrected chi connectivity index (χ4v) is 6.73. The van der Waals surface area contributed by atoms with E-state index >= 15 is 0 Å². The predicted octanol–water partition coefficient (Wildman–Crippen LogP) is 3.16. The van der Waals surface area contributed by atoms with Gasteiger partial charge in [-0.15, -0.1) is 0 Å². The van der Waals surface area contributed by atoms with Gasteiger partial charge in [-0.05, 0) is 56.7 Å². The SMILES string of the molecule is O=C(NC1CCCCC1)C1CCCN(C(=O)c2cccc(S(=O)(=O)N3CCCCC3)c2)C1. The Morgan fingerprint density at radius 3 is 2.34 bits per heavy atom. The number of rotatable bonds is 5. The number of carbonyl (C=O) groups is 2. The Hall–Kier alpha value is -1.93. The zero-order chi connectivity index (χ0) is 22.6. The first-order chi connectivity index (χ1) is 15.4. The monoisotopic (exact) mass is 461 g/mol. The minimum absolute atomic E-state index is 0.0517. The Balaban J connectivity index is 1.42. The van der Waals surface area contributed by atoms with Crippen LogP contribution < -0.4 is 5.32 Å². The molecule has 1 unspecified atom stereocenters. The Labute approximate surface area is 191 Å². The van der Waals surface area contributed by atoms with Gasteiger partial charge in [0.1, 0.15) is 0 Å². The average molecular weight is 462 g/mol. The molecule has 1 atom stereocenters. The number of sulfonamides is 1. The fourth-order valence-electron chi connectivity index (χ4n) is 5.17. The highest BCUT2D eigenvalue weighted by atomic mass is 32.2. The second-order valence-electron chi connectivity index (χ2n) is 9.43.